The average molecular weight is 193 g/mol. The second kappa shape index (κ2) is 4.65. The molecule has 0 aromatic heterocycles. The Kier molecular flexibility index (Phi) is 3.51. The number of benzene rings is 1. The molecule has 0 saturated heterocycles. The Morgan fingerprint density at radius 3 is 2.43 bits per heavy atom. The molecule has 1 aromatic carbocycles. The molecular weight excluding hydrogens is 178 g/mol. The first-order valence-corrected chi connectivity index (χ1v) is 4.59. The van der Waals surface area contributed by atoms with E-state index < -0.39 is 5.97 Å². The second-order valence-corrected chi connectivity index (χ2v) is 3.40. The van der Waals surface area contributed by atoms with E-state index in [-0.39, 0.29) is 6.42 Å². The number of hydrogen-bond donors (Lipinski definition) is 1. The van der Waals surface area contributed by atoms with Crippen LogP contribution in [0.3, 0.4) is 0 Å². The summed E-state index contributed by atoms with van der Waals surface area (Å²) in [6.45, 7) is 2.57. The summed E-state index contributed by atoms with van der Waals surface area (Å²) in [5.74, 6) is -0.760. The summed E-state index contributed by atoms with van der Waals surface area (Å²) in [6.07, 6.45) is 0.171. The zero-order valence-electron chi connectivity index (χ0n) is 8.53. The summed E-state index contributed by atoms with van der Waals surface area (Å²) in [5, 5.41) is 8.53. The Morgan fingerprint density at radius 1 is 1.36 bits per heavy atom. The van der Waals surface area contributed by atoms with Gasteiger partial charge < -0.3 is 10.0 Å². The highest BCUT2D eigenvalue weighted by Crippen LogP contribution is 2.13. The van der Waals surface area contributed by atoms with Gasteiger partial charge in [0.25, 0.3) is 0 Å². The first-order chi connectivity index (χ1) is 6.59. The lowest BCUT2D eigenvalue weighted by Gasteiger charge is -2.18. The largest absolute Gasteiger partial charge is 0.481 e. The number of hydrogen-bond acceptors (Lipinski definition) is 2. The van der Waals surface area contributed by atoms with Crippen molar-refractivity contribution in [1.29, 1.82) is 0 Å². The molecule has 0 aliphatic rings. The van der Waals surface area contributed by atoms with Crippen LogP contribution in [0.15, 0.2) is 24.3 Å². The maximum absolute atomic E-state index is 10.4. The van der Waals surface area contributed by atoms with E-state index in [0.717, 1.165) is 5.69 Å². The third-order valence-corrected chi connectivity index (χ3v) is 2.14. The molecule has 0 atom stereocenters. The lowest BCUT2D eigenvalue weighted by Crippen LogP contribution is -2.20. The molecule has 0 fully saturated rings. The Bertz CT molecular complexity index is 306. The number of carboxylic acids is 1. The van der Waals surface area contributed by atoms with Crippen molar-refractivity contribution in [2.45, 2.75) is 13.3 Å². The number of anilines is 1. The van der Waals surface area contributed by atoms with Crippen LogP contribution in [-0.4, -0.2) is 24.7 Å². The molecule has 0 spiro atoms. The molecule has 0 radical (unpaired) electrons. The van der Waals surface area contributed by atoms with Crippen LogP contribution in [0.25, 0.3) is 0 Å². The first kappa shape index (κ1) is 10.6. The van der Waals surface area contributed by atoms with Gasteiger partial charge in [0.05, 0.1) is 6.42 Å². The van der Waals surface area contributed by atoms with Crippen molar-refractivity contribution < 1.29 is 9.90 Å². The molecular formula is C11H15NO2. The van der Waals surface area contributed by atoms with Crippen LogP contribution in [0.2, 0.25) is 0 Å². The van der Waals surface area contributed by atoms with Crippen molar-refractivity contribution >= 4 is 11.7 Å². The second-order valence-electron chi connectivity index (χ2n) is 3.40. The predicted molar refractivity (Wildman–Crippen MR) is 56.7 cm³/mol. The minimum atomic E-state index is -0.760. The van der Waals surface area contributed by atoms with Crippen molar-refractivity contribution in [2.24, 2.45) is 0 Å². The van der Waals surface area contributed by atoms with Gasteiger partial charge in [-0.25, -0.2) is 0 Å². The van der Waals surface area contributed by atoms with E-state index in [1.54, 1.807) is 0 Å². The van der Waals surface area contributed by atoms with Crippen molar-refractivity contribution in [2.75, 3.05) is 18.5 Å². The smallest absolute Gasteiger partial charge is 0.305 e. The van der Waals surface area contributed by atoms with Crippen LogP contribution >= 0.6 is 0 Å². The molecule has 1 aromatic rings. The fourth-order valence-corrected chi connectivity index (χ4v) is 1.19. The van der Waals surface area contributed by atoms with E-state index in [4.69, 9.17) is 5.11 Å². The van der Waals surface area contributed by atoms with Gasteiger partial charge in [-0.05, 0) is 19.1 Å². The quantitative estimate of drug-likeness (QED) is 0.794. The monoisotopic (exact) mass is 193 g/mol. The van der Waals surface area contributed by atoms with E-state index in [1.807, 2.05) is 43.1 Å². The lowest BCUT2D eigenvalue weighted by atomic mass is 10.2. The summed E-state index contributed by atoms with van der Waals surface area (Å²) < 4.78 is 0. The summed E-state index contributed by atoms with van der Waals surface area (Å²) >= 11 is 0. The molecule has 0 unspecified atom stereocenters. The van der Waals surface area contributed by atoms with Crippen molar-refractivity contribution in [1.82, 2.24) is 0 Å². The molecule has 76 valence electrons. The van der Waals surface area contributed by atoms with Crippen LogP contribution in [-0.2, 0) is 4.79 Å². The topological polar surface area (TPSA) is 40.5 Å². The van der Waals surface area contributed by atoms with E-state index in [2.05, 4.69) is 0 Å². The van der Waals surface area contributed by atoms with Gasteiger partial charge in [-0.1, -0.05) is 17.7 Å². The van der Waals surface area contributed by atoms with Crippen molar-refractivity contribution in [3.05, 3.63) is 29.8 Å². The SMILES string of the molecule is Cc1ccc(N(C)CCC(=O)O)cc1. The van der Waals surface area contributed by atoms with Gasteiger partial charge in [0.1, 0.15) is 0 Å². The lowest BCUT2D eigenvalue weighted by molar-refractivity contribution is -0.136. The van der Waals surface area contributed by atoms with Crippen LogP contribution in [0.1, 0.15) is 12.0 Å². The zero-order chi connectivity index (χ0) is 10.6. The van der Waals surface area contributed by atoms with Gasteiger partial charge in [-0.3, -0.25) is 4.79 Å². The summed E-state index contributed by atoms with van der Waals surface area (Å²) in [4.78, 5) is 12.3. The van der Waals surface area contributed by atoms with Crippen molar-refractivity contribution in [3.8, 4) is 0 Å². The Hall–Kier alpha value is -1.51. The van der Waals surface area contributed by atoms with Crippen LogP contribution in [0.4, 0.5) is 5.69 Å². The predicted octanol–water partition coefficient (Wildman–Crippen LogP) is 1.91. The highest BCUT2D eigenvalue weighted by Gasteiger charge is 2.02. The van der Waals surface area contributed by atoms with Gasteiger partial charge in [-0.2, -0.15) is 0 Å². The van der Waals surface area contributed by atoms with Gasteiger partial charge in [0, 0.05) is 19.3 Å². The molecule has 1 rings (SSSR count). The summed E-state index contributed by atoms with van der Waals surface area (Å²) in [6, 6.07) is 8.04. The maximum Gasteiger partial charge on any atom is 0.305 e. The molecule has 3 heteroatoms. The molecule has 1 N–H and O–H groups in total. The van der Waals surface area contributed by atoms with E-state index >= 15 is 0 Å². The summed E-state index contributed by atoms with van der Waals surface area (Å²) in [7, 11) is 1.90. The molecule has 0 aliphatic heterocycles. The first-order valence-electron chi connectivity index (χ1n) is 4.59. The van der Waals surface area contributed by atoms with Gasteiger partial charge >= 0.3 is 5.97 Å². The van der Waals surface area contributed by atoms with Crippen LogP contribution in [0.5, 0.6) is 0 Å². The number of carbonyl (C=O) groups is 1. The fraction of sp³-hybridized carbons (Fsp3) is 0.364. The highest BCUT2D eigenvalue weighted by atomic mass is 16.4. The van der Waals surface area contributed by atoms with Crippen LogP contribution < -0.4 is 4.90 Å². The minimum absolute atomic E-state index is 0.171. The molecule has 0 saturated carbocycles. The summed E-state index contributed by atoms with van der Waals surface area (Å²) in [5.41, 5.74) is 2.26. The van der Waals surface area contributed by atoms with Gasteiger partial charge in [0.2, 0.25) is 0 Å². The van der Waals surface area contributed by atoms with E-state index in [9.17, 15) is 4.79 Å². The molecule has 14 heavy (non-hydrogen) atoms. The fourth-order valence-electron chi connectivity index (χ4n) is 1.19. The van der Waals surface area contributed by atoms with Gasteiger partial charge in [-0.15, -0.1) is 0 Å². The third-order valence-electron chi connectivity index (χ3n) is 2.14. The number of nitrogens with zero attached hydrogens (tertiary/aromatic N) is 1. The highest BCUT2D eigenvalue weighted by molar-refractivity contribution is 5.67. The van der Waals surface area contributed by atoms with E-state index in [1.165, 1.54) is 5.56 Å². The van der Waals surface area contributed by atoms with Crippen molar-refractivity contribution in [3.63, 3.8) is 0 Å². The number of carboxylic acid groups (broad SMARTS) is 1. The Morgan fingerprint density at radius 2 is 1.93 bits per heavy atom. The maximum atomic E-state index is 10.4. The van der Waals surface area contributed by atoms with Gasteiger partial charge in [0.15, 0.2) is 0 Å². The number of rotatable bonds is 4. The number of aryl methyl sites for hydroxylation is 1. The Labute approximate surface area is 84.0 Å². The third kappa shape index (κ3) is 3.09. The van der Waals surface area contributed by atoms with Crippen LogP contribution in [0, 0.1) is 6.92 Å². The number of aliphatic carboxylic acids is 1. The normalized spacial score (nSPS) is 9.86. The molecule has 3 nitrogen and oxygen atoms in total. The average Bonchev–Trinajstić information content (AvgIpc) is 2.15. The van der Waals surface area contributed by atoms with E-state index in [0.29, 0.717) is 6.54 Å². The Balaban J connectivity index is 2.56. The standard InChI is InChI=1S/C11H15NO2/c1-9-3-5-10(6-4-9)12(2)8-7-11(13)14/h3-6H,7-8H2,1-2H3,(H,13,14). The molecule has 0 amide bonds. The minimum Gasteiger partial charge on any atom is -0.481 e. The molecule has 0 heterocycles. The molecule has 0 bridgehead atoms. The zero-order valence-corrected chi connectivity index (χ0v) is 8.53. The molecule has 0 aliphatic carbocycles.